The normalized spacial score (nSPS) is 12.1. The van der Waals surface area contributed by atoms with Crippen molar-refractivity contribution in [3.05, 3.63) is 47.8 Å². The van der Waals surface area contributed by atoms with E-state index in [-0.39, 0.29) is 17.9 Å². The first kappa shape index (κ1) is 16.0. The molecule has 22 heavy (non-hydrogen) atoms. The highest BCUT2D eigenvalue weighted by molar-refractivity contribution is 7.87. The summed E-state index contributed by atoms with van der Waals surface area (Å²) < 4.78 is 62.6. The summed E-state index contributed by atoms with van der Waals surface area (Å²) in [5.41, 5.74) is 0.929. The van der Waals surface area contributed by atoms with Crippen LogP contribution in [0.25, 0.3) is 0 Å². The highest BCUT2D eigenvalue weighted by Gasteiger charge is 2.49. The van der Waals surface area contributed by atoms with Crippen LogP contribution in [0.2, 0.25) is 0 Å². The van der Waals surface area contributed by atoms with Gasteiger partial charge in [-0.25, -0.2) is 9.97 Å². The summed E-state index contributed by atoms with van der Waals surface area (Å²) in [6, 6.07) is 8.80. The standard InChI is InChI=1S/C12H10F3N3O3S/c13-12(14,15)22(19,20)21-10-7-17-11(16)9(18-10)6-8-4-2-1-3-5-8/h1-5,7H,6H2,(H2,16,17). The smallest absolute Gasteiger partial charge is 0.382 e. The van der Waals surface area contributed by atoms with Crippen LogP contribution < -0.4 is 9.92 Å². The Labute approximate surface area is 123 Å². The monoisotopic (exact) mass is 333 g/mol. The topological polar surface area (TPSA) is 95.2 Å². The van der Waals surface area contributed by atoms with E-state index in [0.717, 1.165) is 5.56 Å². The molecule has 0 fully saturated rings. The lowest BCUT2D eigenvalue weighted by atomic mass is 10.1. The van der Waals surface area contributed by atoms with E-state index in [1.807, 2.05) is 0 Å². The van der Waals surface area contributed by atoms with Gasteiger partial charge in [-0.15, -0.1) is 0 Å². The van der Waals surface area contributed by atoms with E-state index in [4.69, 9.17) is 5.73 Å². The van der Waals surface area contributed by atoms with E-state index in [9.17, 15) is 21.6 Å². The number of hydrogen-bond donors (Lipinski definition) is 1. The third-order valence-corrected chi connectivity index (χ3v) is 3.50. The molecule has 1 aromatic heterocycles. The molecule has 0 amide bonds. The Hall–Kier alpha value is -2.36. The van der Waals surface area contributed by atoms with E-state index in [2.05, 4.69) is 14.2 Å². The minimum Gasteiger partial charge on any atom is -0.382 e. The number of nitrogen functional groups attached to an aromatic ring is 1. The van der Waals surface area contributed by atoms with Crippen molar-refractivity contribution in [1.82, 2.24) is 9.97 Å². The zero-order valence-corrected chi connectivity index (χ0v) is 11.7. The molecule has 2 N–H and O–H groups in total. The molecule has 0 unspecified atom stereocenters. The van der Waals surface area contributed by atoms with Gasteiger partial charge >= 0.3 is 15.6 Å². The summed E-state index contributed by atoms with van der Waals surface area (Å²) >= 11 is 0. The largest absolute Gasteiger partial charge is 0.534 e. The van der Waals surface area contributed by atoms with Crippen LogP contribution in [-0.4, -0.2) is 23.9 Å². The molecule has 1 heterocycles. The van der Waals surface area contributed by atoms with Gasteiger partial charge < -0.3 is 9.92 Å². The molecule has 0 aliphatic rings. The van der Waals surface area contributed by atoms with E-state index >= 15 is 0 Å². The van der Waals surface area contributed by atoms with E-state index < -0.39 is 21.5 Å². The predicted octanol–water partition coefficient (Wildman–Crippen LogP) is 1.88. The minimum atomic E-state index is -5.80. The van der Waals surface area contributed by atoms with Gasteiger partial charge in [-0.3, -0.25) is 0 Å². The molecule has 0 spiro atoms. The van der Waals surface area contributed by atoms with Gasteiger partial charge in [-0.05, 0) is 5.56 Å². The Morgan fingerprint density at radius 2 is 1.82 bits per heavy atom. The van der Waals surface area contributed by atoms with Crippen LogP contribution in [0.4, 0.5) is 19.0 Å². The molecule has 0 aliphatic heterocycles. The maximum absolute atomic E-state index is 12.3. The molecule has 0 radical (unpaired) electrons. The van der Waals surface area contributed by atoms with Gasteiger partial charge in [0.05, 0.1) is 11.9 Å². The molecular weight excluding hydrogens is 323 g/mol. The zero-order valence-electron chi connectivity index (χ0n) is 10.9. The van der Waals surface area contributed by atoms with Crippen molar-refractivity contribution in [2.45, 2.75) is 11.9 Å². The van der Waals surface area contributed by atoms with Crippen molar-refractivity contribution < 1.29 is 25.8 Å². The van der Waals surface area contributed by atoms with E-state index in [1.54, 1.807) is 30.3 Å². The minimum absolute atomic E-state index is 0.0272. The first-order valence-corrected chi connectivity index (χ1v) is 7.26. The summed E-state index contributed by atoms with van der Waals surface area (Å²) in [6.45, 7) is 0. The summed E-state index contributed by atoms with van der Waals surface area (Å²) in [5, 5.41) is 0. The molecule has 0 saturated carbocycles. The number of benzene rings is 1. The van der Waals surface area contributed by atoms with Gasteiger partial charge in [0, 0.05) is 6.42 Å². The van der Waals surface area contributed by atoms with Crippen molar-refractivity contribution in [3.8, 4) is 5.88 Å². The van der Waals surface area contributed by atoms with Crippen molar-refractivity contribution in [1.29, 1.82) is 0 Å². The highest BCUT2D eigenvalue weighted by atomic mass is 32.2. The van der Waals surface area contributed by atoms with Crippen molar-refractivity contribution in [2.24, 2.45) is 0 Å². The lowest BCUT2D eigenvalue weighted by molar-refractivity contribution is -0.0501. The summed E-state index contributed by atoms with van der Waals surface area (Å²) in [4.78, 5) is 7.28. The number of hydrogen-bond acceptors (Lipinski definition) is 6. The zero-order chi connectivity index (χ0) is 16.4. The number of rotatable bonds is 4. The molecule has 0 saturated heterocycles. The second-order valence-electron chi connectivity index (χ2n) is 4.19. The van der Waals surface area contributed by atoms with Gasteiger partial charge in [0.2, 0.25) is 0 Å². The van der Waals surface area contributed by atoms with Crippen LogP contribution in [0.5, 0.6) is 5.88 Å². The molecule has 0 aliphatic carbocycles. The Kier molecular flexibility index (Phi) is 4.22. The average Bonchev–Trinajstić information content (AvgIpc) is 2.42. The summed E-state index contributed by atoms with van der Waals surface area (Å²) in [5.74, 6) is -0.821. The predicted molar refractivity (Wildman–Crippen MR) is 71.3 cm³/mol. The molecule has 10 heteroatoms. The van der Waals surface area contributed by atoms with Crippen molar-refractivity contribution >= 4 is 15.9 Å². The quantitative estimate of drug-likeness (QED) is 0.678. The number of nitrogens with two attached hydrogens (primary N) is 1. The van der Waals surface area contributed by atoms with Crippen LogP contribution >= 0.6 is 0 Å². The van der Waals surface area contributed by atoms with Gasteiger partial charge in [0.1, 0.15) is 5.82 Å². The Bertz CT molecular complexity index is 764. The van der Waals surface area contributed by atoms with Gasteiger partial charge in [0.15, 0.2) is 0 Å². The fourth-order valence-electron chi connectivity index (χ4n) is 1.54. The molecule has 2 rings (SSSR count). The van der Waals surface area contributed by atoms with Gasteiger partial charge in [0.25, 0.3) is 5.88 Å². The van der Waals surface area contributed by atoms with Crippen molar-refractivity contribution in [3.63, 3.8) is 0 Å². The Balaban J connectivity index is 2.28. The van der Waals surface area contributed by atoms with Crippen LogP contribution in [-0.2, 0) is 16.5 Å². The first-order chi connectivity index (χ1) is 10.2. The lowest BCUT2D eigenvalue weighted by Gasteiger charge is -2.10. The van der Waals surface area contributed by atoms with E-state index in [1.165, 1.54) is 0 Å². The lowest BCUT2D eigenvalue weighted by Crippen LogP contribution is -2.28. The third-order valence-electron chi connectivity index (χ3n) is 2.55. The summed E-state index contributed by atoms with van der Waals surface area (Å²) in [6.07, 6.45) is 0.885. The Morgan fingerprint density at radius 3 is 2.41 bits per heavy atom. The molecule has 2 aromatic rings. The van der Waals surface area contributed by atoms with Crippen LogP contribution in [0.1, 0.15) is 11.3 Å². The van der Waals surface area contributed by atoms with Gasteiger partial charge in [-0.1, -0.05) is 30.3 Å². The highest BCUT2D eigenvalue weighted by Crippen LogP contribution is 2.26. The Morgan fingerprint density at radius 1 is 1.18 bits per heavy atom. The van der Waals surface area contributed by atoms with Crippen LogP contribution in [0.3, 0.4) is 0 Å². The fraction of sp³-hybridized carbons (Fsp3) is 0.167. The van der Waals surface area contributed by atoms with Crippen LogP contribution in [0.15, 0.2) is 36.5 Å². The first-order valence-electron chi connectivity index (χ1n) is 5.85. The van der Waals surface area contributed by atoms with E-state index in [0.29, 0.717) is 6.20 Å². The molecule has 118 valence electrons. The second kappa shape index (κ2) is 5.79. The molecule has 0 bridgehead atoms. The maximum Gasteiger partial charge on any atom is 0.534 e. The number of aromatic nitrogens is 2. The third kappa shape index (κ3) is 3.64. The fourth-order valence-corrected chi connectivity index (χ4v) is 1.94. The average molecular weight is 333 g/mol. The number of halogens is 3. The molecule has 0 atom stereocenters. The van der Waals surface area contributed by atoms with Gasteiger partial charge in [-0.2, -0.15) is 21.6 Å². The number of nitrogens with zero attached hydrogens (tertiary/aromatic N) is 2. The number of anilines is 1. The van der Waals surface area contributed by atoms with Crippen molar-refractivity contribution in [2.75, 3.05) is 5.73 Å². The molecule has 6 nitrogen and oxygen atoms in total. The molecule has 1 aromatic carbocycles. The SMILES string of the molecule is Nc1ncc(OS(=O)(=O)C(F)(F)F)nc1Cc1ccccc1. The van der Waals surface area contributed by atoms with Crippen LogP contribution in [0, 0.1) is 0 Å². The molecular formula is C12H10F3N3O3S. The number of alkyl halides is 3. The summed E-state index contributed by atoms with van der Waals surface area (Å²) in [7, 11) is -5.80. The maximum atomic E-state index is 12.3. The second-order valence-corrected chi connectivity index (χ2v) is 5.72.